The van der Waals surface area contributed by atoms with Gasteiger partial charge in [-0.3, -0.25) is 9.59 Å². The third kappa shape index (κ3) is 4.24. The van der Waals surface area contributed by atoms with Crippen molar-refractivity contribution in [1.29, 1.82) is 0 Å². The number of nitrogens with zero attached hydrogens (tertiary/aromatic N) is 1. The number of carbonyl (C=O) groups excluding carboxylic acids is 2. The highest BCUT2D eigenvalue weighted by Crippen LogP contribution is 2.25. The van der Waals surface area contributed by atoms with Crippen molar-refractivity contribution in [2.45, 2.75) is 44.3 Å². The number of hydrogen-bond acceptors (Lipinski definition) is 3. The first-order chi connectivity index (χ1) is 10.8. The molecular formula is C17H24ClN3O2. The lowest BCUT2D eigenvalue weighted by molar-refractivity contribution is -0.138. The van der Waals surface area contributed by atoms with Crippen molar-refractivity contribution in [3.63, 3.8) is 0 Å². The first-order valence-corrected chi connectivity index (χ1v) is 8.09. The molecule has 0 aromatic heterocycles. The number of rotatable bonds is 4. The molecular weight excluding hydrogens is 314 g/mol. The van der Waals surface area contributed by atoms with Gasteiger partial charge in [-0.15, -0.1) is 12.4 Å². The summed E-state index contributed by atoms with van der Waals surface area (Å²) in [6.45, 7) is 2.37. The molecule has 2 fully saturated rings. The number of carbonyl (C=O) groups is 2. The lowest BCUT2D eigenvalue weighted by Crippen LogP contribution is -2.52. The van der Waals surface area contributed by atoms with Crippen LogP contribution in [0.15, 0.2) is 30.3 Å². The third-order valence-electron chi connectivity index (χ3n) is 4.57. The van der Waals surface area contributed by atoms with Gasteiger partial charge in [0.25, 0.3) is 0 Å². The summed E-state index contributed by atoms with van der Waals surface area (Å²) in [6.07, 6.45) is 3.01. The maximum Gasteiger partial charge on any atom is 0.243 e. The van der Waals surface area contributed by atoms with Crippen molar-refractivity contribution in [2.24, 2.45) is 0 Å². The van der Waals surface area contributed by atoms with Crippen LogP contribution in [0.3, 0.4) is 0 Å². The van der Waals surface area contributed by atoms with E-state index in [-0.39, 0.29) is 36.3 Å². The zero-order valence-electron chi connectivity index (χ0n) is 13.2. The predicted molar refractivity (Wildman–Crippen MR) is 91.3 cm³/mol. The summed E-state index contributed by atoms with van der Waals surface area (Å²) < 4.78 is 0. The fraction of sp³-hybridized carbons (Fsp3) is 0.529. The van der Waals surface area contributed by atoms with Gasteiger partial charge >= 0.3 is 0 Å². The zero-order valence-corrected chi connectivity index (χ0v) is 14.0. The molecule has 1 unspecified atom stereocenters. The summed E-state index contributed by atoms with van der Waals surface area (Å²) in [5, 5.41) is 6.29. The molecule has 0 spiro atoms. The molecule has 0 radical (unpaired) electrons. The Morgan fingerprint density at radius 1 is 1.17 bits per heavy atom. The zero-order chi connectivity index (χ0) is 15.4. The first-order valence-electron chi connectivity index (χ1n) is 8.09. The van der Waals surface area contributed by atoms with Crippen LogP contribution in [0.2, 0.25) is 0 Å². The van der Waals surface area contributed by atoms with Crippen LogP contribution in [0.1, 0.15) is 31.2 Å². The fourth-order valence-corrected chi connectivity index (χ4v) is 3.41. The van der Waals surface area contributed by atoms with Crippen LogP contribution in [-0.2, 0) is 16.1 Å². The average Bonchev–Trinajstić information content (AvgIpc) is 2.96. The highest BCUT2D eigenvalue weighted by molar-refractivity contribution is 5.91. The fourth-order valence-electron chi connectivity index (χ4n) is 3.41. The lowest BCUT2D eigenvalue weighted by Gasteiger charge is -2.35. The van der Waals surface area contributed by atoms with Gasteiger partial charge in [-0.2, -0.15) is 0 Å². The highest BCUT2D eigenvalue weighted by atomic mass is 35.5. The van der Waals surface area contributed by atoms with Crippen LogP contribution in [0.25, 0.3) is 0 Å². The molecule has 0 aliphatic carbocycles. The summed E-state index contributed by atoms with van der Waals surface area (Å²) in [4.78, 5) is 26.5. The summed E-state index contributed by atoms with van der Waals surface area (Å²) >= 11 is 0. The summed E-state index contributed by atoms with van der Waals surface area (Å²) in [5.41, 5.74) is 1.08. The first kappa shape index (κ1) is 17.8. The third-order valence-corrected chi connectivity index (χ3v) is 4.57. The van der Waals surface area contributed by atoms with Crippen LogP contribution >= 0.6 is 12.4 Å². The molecule has 1 atom stereocenters. The van der Waals surface area contributed by atoms with Gasteiger partial charge < -0.3 is 15.5 Å². The van der Waals surface area contributed by atoms with E-state index >= 15 is 0 Å². The van der Waals surface area contributed by atoms with Gasteiger partial charge in [-0.05, 0) is 37.9 Å². The van der Waals surface area contributed by atoms with Crippen molar-refractivity contribution < 1.29 is 9.59 Å². The molecule has 2 amide bonds. The van der Waals surface area contributed by atoms with E-state index in [1.165, 1.54) is 0 Å². The quantitative estimate of drug-likeness (QED) is 0.874. The molecule has 0 saturated carbocycles. The SMILES string of the molecule is Cl.O=C(NCc1ccccc1)C1CCC(=O)N1C1CCNCC1. The van der Waals surface area contributed by atoms with E-state index in [0.717, 1.165) is 31.5 Å². The molecule has 2 N–H and O–H groups in total. The van der Waals surface area contributed by atoms with E-state index in [4.69, 9.17) is 0 Å². The molecule has 2 aliphatic heterocycles. The maximum absolute atomic E-state index is 12.5. The second-order valence-electron chi connectivity index (χ2n) is 6.04. The summed E-state index contributed by atoms with van der Waals surface area (Å²) in [6, 6.07) is 9.78. The lowest BCUT2D eigenvalue weighted by atomic mass is 10.0. The Bertz CT molecular complexity index is 532. The molecule has 6 heteroatoms. The Morgan fingerprint density at radius 3 is 2.57 bits per heavy atom. The topological polar surface area (TPSA) is 61.4 Å². The number of hydrogen-bond donors (Lipinski definition) is 2. The molecule has 2 aliphatic rings. The molecule has 1 aromatic carbocycles. The second kappa shape index (κ2) is 8.31. The van der Waals surface area contributed by atoms with Gasteiger partial charge in [0, 0.05) is 19.0 Å². The van der Waals surface area contributed by atoms with E-state index in [2.05, 4.69) is 10.6 Å². The Morgan fingerprint density at radius 2 is 1.87 bits per heavy atom. The van der Waals surface area contributed by atoms with Gasteiger partial charge in [0.1, 0.15) is 6.04 Å². The van der Waals surface area contributed by atoms with Crippen molar-refractivity contribution in [2.75, 3.05) is 13.1 Å². The average molecular weight is 338 g/mol. The molecule has 23 heavy (non-hydrogen) atoms. The van der Waals surface area contributed by atoms with E-state index < -0.39 is 0 Å². The number of amides is 2. The minimum absolute atomic E-state index is 0. The van der Waals surface area contributed by atoms with E-state index in [9.17, 15) is 9.59 Å². The minimum Gasteiger partial charge on any atom is -0.350 e. The molecule has 3 rings (SSSR count). The van der Waals surface area contributed by atoms with Gasteiger partial charge in [0.15, 0.2) is 0 Å². The van der Waals surface area contributed by atoms with Gasteiger partial charge in [0.05, 0.1) is 0 Å². The van der Waals surface area contributed by atoms with E-state index in [0.29, 0.717) is 19.4 Å². The van der Waals surface area contributed by atoms with E-state index in [1.807, 2.05) is 35.2 Å². The largest absolute Gasteiger partial charge is 0.350 e. The van der Waals surface area contributed by atoms with Crippen molar-refractivity contribution in [1.82, 2.24) is 15.5 Å². The summed E-state index contributed by atoms with van der Waals surface area (Å²) in [5.74, 6) is 0.111. The molecule has 0 bridgehead atoms. The Hall–Kier alpha value is -1.59. The van der Waals surface area contributed by atoms with Gasteiger partial charge in [-0.25, -0.2) is 0 Å². The van der Waals surface area contributed by atoms with Crippen LogP contribution in [0, 0.1) is 0 Å². The Balaban J connectivity index is 0.00000192. The van der Waals surface area contributed by atoms with Crippen LogP contribution in [0.4, 0.5) is 0 Å². The smallest absolute Gasteiger partial charge is 0.243 e. The second-order valence-corrected chi connectivity index (χ2v) is 6.04. The number of likely N-dealkylation sites (tertiary alicyclic amines) is 1. The standard InChI is InChI=1S/C17H23N3O2.ClH/c21-16-7-6-15(20(16)14-8-10-18-11-9-14)17(22)19-12-13-4-2-1-3-5-13;/h1-5,14-15,18H,6-12H2,(H,19,22);1H. The highest BCUT2D eigenvalue weighted by Gasteiger charge is 2.40. The maximum atomic E-state index is 12.5. The normalized spacial score (nSPS) is 21.8. The van der Waals surface area contributed by atoms with Crippen LogP contribution in [0.5, 0.6) is 0 Å². The predicted octanol–water partition coefficient (Wildman–Crippen LogP) is 1.47. The van der Waals surface area contributed by atoms with Crippen molar-refractivity contribution >= 4 is 24.2 Å². The van der Waals surface area contributed by atoms with Gasteiger partial charge in [-0.1, -0.05) is 30.3 Å². The molecule has 1 aromatic rings. The molecule has 2 saturated heterocycles. The number of piperidine rings is 1. The number of benzene rings is 1. The number of halogens is 1. The summed E-state index contributed by atoms with van der Waals surface area (Å²) in [7, 11) is 0. The Kier molecular flexibility index (Phi) is 6.42. The van der Waals surface area contributed by atoms with E-state index in [1.54, 1.807) is 0 Å². The molecule has 5 nitrogen and oxygen atoms in total. The number of nitrogens with one attached hydrogen (secondary N) is 2. The molecule has 2 heterocycles. The molecule has 126 valence electrons. The van der Waals surface area contributed by atoms with Crippen molar-refractivity contribution in [3.05, 3.63) is 35.9 Å². The minimum atomic E-state index is -0.292. The Labute approximate surface area is 143 Å². The van der Waals surface area contributed by atoms with Crippen LogP contribution in [-0.4, -0.2) is 41.9 Å². The van der Waals surface area contributed by atoms with Crippen LogP contribution < -0.4 is 10.6 Å². The monoisotopic (exact) mass is 337 g/mol. The van der Waals surface area contributed by atoms with Crippen molar-refractivity contribution in [3.8, 4) is 0 Å². The van der Waals surface area contributed by atoms with Gasteiger partial charge in [0.2, 0.25) is 11.8 Å².